The maximum Gasteiger partial charge on any atom is 0.234 e. The van der Waals surface area contributed by atoms with Crippen LogP contribution in [-0.2, 0) is 11.8 Å². The van der Waals surface area contributed by atoms with Gasteiger partial charge in [0.15, 0.2) is 5.16 Å². The van der Waals surface area contributed by atoms with Gasteiger partial charge in [0, 0.05) is 25.1 Å². The minimum absolute atomic E-state index is 0.171. The third kappa shape index (κ3) is 4.72. The van der Waals surface area contributed by atoms with Gasteiger partial charge in [-0.05, 0) is 12.8 Å². The van der Waals surface area contributed by atoms with Crippen LogP contribution in [0.1, 0.15) is 43.8 Å². The number of thioether (sulfide) groups is 1. The molecule has 7 nitrogen and oxygen atoms in total. The van der Waals surface area contributed by atoms with E-state index in [0.29, 0.717) is 28.1 Å². The molecule has 1 amide bonds. The lowest BCUT2D eigenvalue weighted by Gasteiger charge is -2.20. The van der Waals surface area contributed by atoms with E-state index in [1.165, 1.54) is 45.2 Å². The van der Waals surface area contributed by atoms with E-state index in [-0.39, 0.29) is 11.7 Å². The minimum Gasteiger partial charge on any atom is -0.495 e. The molecule has 9 heteroatoms. The van der Waals surface area contributed by atoms with Crippen LogP contribution in [0.3, 0.4) is 0 Å². The number of nitrogens with one attached hydrogen (secondary N) is 1. The van der Waals surface area contributed by atoms with Gasteiger partial charge in [-0.2, -0.15) is 0 Å². The lowest BCUT2D eigenvalue weighted by atomic mass is 9.89. The number of hydrogen-bond donors (Lipinski definition) is 1. The molecule has 28 heavy (non-hydrogen) atoms. The number of halogens is 1. The Morgan fingerprint density at radius 2 is 1.93 bits per heavy atom. The first-order chi connectivity index (χ1) is 13.5. The van der Waals surface area contributed by atoms with E-state index in [1.54, 1.807) is 12.1 Å². The summed E-state index contributed by atoms with van der Waals surface area (Å²) in [6.45, 7) is 0. The molecule has 0 spiro atoms. The van der Waals surface area contributed by atoms with Gasteiger partial charge in [0.05, 0.1) is 30.7 Å². The highest BCUT2D eigenvalue weighted by atomic mass is 35.5. The van der Waals surface area contributed by atoms with Crippen LogP contribution in [0.5, 0.6) is 11.5 Å². The van der Waals surface area contributed by atoms with Crippen LogP contribution >= 0.6 is 23.4 Å². The van der Waals surface area contributed by atoms with Gasteiger partial charge in [0.2, 0.25) is 5.91 Å². The van der Waals surface area contributed by atoms with Gasteiger partial charge in [-0.15, -0.1) is 10.2 Å². The van der Waals surface area contributed by atoms with Crippen LogP contribution in [0.4, 0.5) is 5.69 Å². The largest absolute Gasteiger partial charge is 0.495 e. The summed E-state index contributed by atoms with van der Waals surface area (Å²) in [5.41, 5.74) is 0.509. The fourth-order valence-corrected chi connectivity index (χ4v) is 4.39. The van der Waals surface area contributed by atoms with E-state index < -0.39 is 0 Å². The molecule has 1 heterocycles. The number of hydrogen-bond acceptors (Lipinski definition) is 6. The molecule has 0 aliphatic heterocycles. The Morgan fingerprint density at radius 3 is 2.61 bits per heavy atom. The molecule has 0 saturated heterocycles. The van der Waals surface area contributed by atoms with E-state index in [2.05, 4.69) is 15.5 Å². The second kappa shape index (κ2) is 9.52. The van der Waals surface area contributed by atoms with Crippen molar-refractivity contribution in [2.45, 2.75) is 43.2 Å². The van der Waals surface area contributed by atoms with Crippen LogP contribution in [0.2, 0.25) is 5.02 Å². The zero-order valence-electron chi connectivity index (χ0n) is 16.3. The zero-order chi connectivity index (χ0) is 20.1. The van der Waals surface area contributed by atoms with Crippen LogP contribution < -0.4 is 14.8 Å². The molecular weight excluding hydrogens is 400 g/mol. The first-order valence-electron chi connectivity index (χ1n) is 9.27. The summed E-state index contributed by atoms with van der Waals surface area (Å²) in [5, 5.41) is 12.7. The molecule has 0 atom stereocenters. The monoisotopic (exact) mass is 424 g/mol. The van der Waals surface area contributed by atoms with Gasteiger partial charge in [-0.25, -0.2) is 0 Å². The molecule has 3 rings (SSSR count). The van der Waals surface area contributed by atoms with Crippen molar-refractivity contribution in [2.75, 3.05) is 25.3 Å². The molecular formula is C19H25ClN4O3S. The number of ether oxygens (including phenoxy) is 2. The second-order valence-corrected chi connectivity index (χ2v) is 8.11. The molecule has 1 aromatic carbocycles. The average Bonchev–Trinajstić information content (AvgIpc) is 3.08. The highest BCUT2D eigenvalue weighted by molar-refractivity contribution is 7.99. The van der Waals surface area contributed by atoms with Gasteiger partial charge in [-0.3, -0.25) is 4.79 Å². The van der Waals surface area contributed by atoms with Crippen molar-refractivity contribution in [3.63, 3.8) is 0 Å². The maximum atomic E-state index is 12.4. The number of benzene rings is 1. The summed E-state index contributed by atoms with van der Waals surface area (Å²) in [7, 11) is 5.01. The highest BCUT2D eigenvalue weighted by Crippen LogP contribution is 2.36. The summed E-state index contributed by atoms with van der Waals surface area (Å²) in [4.78, 5) is 12.4. The summed E-state index contributed by atoms with van der Waals surface area (Å²) in [6.07, 6.45) is 6.11. The van der Waals surface area contributed by atoms with Crippen LogP contribution in [-0.4, -0.2) is 40.6 Å². The Hall–Kier alpha value is -1.93. The molecule has 2 aromatic rings. The van der Waals surface area contributed by atoms with E-state index >= 15 is 0 Å². The van der Waals surface area contributed by atoms with E-state index in [4.69, 9.17) is 21.1 Å². The molecule has 1 fully saturated rings. The molecule has 0 bridgehead atoms. The smallest absolute Gasteiger partial charge is 0.234 e. The van der Waals surface area contributed by atoms with E-state index in [0.717, 1.165) is 23.8 Å². The highest BCUT2D eigenvalue weighted by Gasteiger charge is 2.22. The van der Waals surface area contributed by atoms with Gasteiger partial charge >= 0.3 is 0 Å². The predicted octanol–water partition coefficient (Wildman–Crippen LogP) is 4.26. The fraction of sp³-hybridized carbons (Fsp3) is 0.526. The first kappa shape index (κ1) is 20.8. The Balaban J connectivity index is 1.63. The van der Waals surface area contributed by atoms with Crippen molar-refractivity contribution in [3.8, 4) is 11.5 Å². The van der Waals surface area contributed by atoms with Crippen molar-refractivity contribution < 1.29 is 14.3 Å². The quantitative estimate of drug-likeness (QED) is 0.669. The molecule has 1 aromatic heterocycles. The Bertz CT molecular complexity index is 837. The Labute approximate surface area is 174 Å². The lowest BCUT2D eigenvalue weighted by molar-refractivity contribution is -0.113. The van der Waals surface area contributed by atoms with Gasteiger partial charge < -0.3 is 19.4 Å². The molecule has 1 aliphatic rings. The number of nitrogens with zero attached hydrogens (tertiary/aromatic N) is 3. The molecule has 1 saturated carbocycles. The summed E-state index contributed by atoms with van der Waals surface area (Å²) in [6, 6.07) is 3.26. The van der Waals surface area contributed by atoms with Crippen molar-refractivity contribution >= 4 is 35.0 Å². The fourth-order valence-electron chi connectivity index (χ4n) is 3.44. The normalized spacial score (nSPS) is 14.7. The molecule has 0 unspecified atom stereocenters. The summed E-state index contributed by atoms with van der Waals surface area (Å²) >= 11 is 7.47. The third-order valence-electron chi connectivity index (χ3n) is 4.92. The predicted molar refractivity (Wildman–Crippen MR) is 111 cm³/mol. The van der Waals surface area contributed by atoms with Crippen molar-refractivity contribution in [1.82, 2.24) is 14.8 Å². The van der Waals surface area contributed by atoms with Gasteiger partial charge in [0.1, 0.15) is 17.3 Å². The SMILES string of the molecule is COc1cc(NC(=O)CSc2nnc(C3CCCCC3)n2C)c(OC)cc1Cl. The molecule has 1 N–H and O–H groups in total. The van der Waals surface area contributed by atoms with Crippen molar-refractivity contribution in [2.24, 2.45) is 7.05 Å². The van der Waals surface area contributed by atoms with Crippen LogP contribution in [0.25, 0.3) is 0 Å². The first-order valence-corrected chi connectivity index (χ1v) is 10.6. The number of carbonyl (C=O) groups is 1. The number of carbonyl (C=O) groups excluding carboxylic acids is 1. The number of anilines is 1. The summed E-state index contributed by atoms with van der Waals surface area (Å²) < 4.78 is 12.5. The van der Waals surface area contributed by atoms with E-state index in [9.17, 15) is 4.79 Å². The third-order valence-corrected chi connectivity index (χ3v) is 6.23. The number of aromatic nitrogens is 3. The van der Waals surface area contributed by atoms with Crippen molar-refractivity contribution in [1.29, 1.82) is 0 Å². The second-order valence-electron chi connectivity index (χ2n) is 6.76. The number of rotatable bonds is 7. The van der Waals surface area contributed by atoms with Gasteiger partial charge in [0.25, 0.3) is 0 Å². The molecule has 0 radical (unpaired) electrons. The number of amides is 1. The number of methoxy groups -OCH3 is 2. The lowest BCUT2D eigenvalue weighted by Crippen LogP contribution is -2.15. The Kier molecular flexibility index (Phi) is 7.07. The van der Waals surface area contributed by atoms with Crippen LogP contribution in [0.15, 0.2) is 17.3 Å². The van der Waals surface area contributed by atoms with E-state index in [1.807, 2.05) is 11.6 Å². The molecule has 1 aliphatic carbocycles. The van der Waals surface area contributed by atoms with Gasteiger partial charge in [-0.1, -0.05) is 42.6 Å². The average molecular weight is 425 g/mol. The molecule has 152 valence electrons. The minimum atomic E-state index is -0.171. The van der Waals surface area contributed by atoms with Crippen LogP contribution in [0, 0.1) is 0 Å². The topological polar surface area (TPSA) is 78.3 Å². The zero-order valence-corrected chi connectivity index (χ0v) is 17.9. The maximum absolute atomic E-state index is 12.4. The van der Waals surface area contributed by atoms with Crippen molar-refractivity contribution in [3.05, 3.63) is 23.0 Å². The Morgan fingerprint density at radius 1 is 1.21 bits per heavy atom. The summed E-state index contributed by atoms with van der Waals surface area (Å²) in [5.74, 6) is 2.48. The standard InChI is InChI=1S/C19H25ClN4O3S/c1-24-18(12-7-5-4-6-8-12)22-23-19(24)28-11-17(25)21-14-10-15(26-2)13(20)9-16(14)27-3/h9-10,12H,4-8,11H2,1-3H3,(H,21,25).